The number of likely N-dealkylation sites (tertiary alicyclic amines) is 1. The summed E-state index contributed by atoms with van der Waals surface area (Å²) in [6.07, 6.45) is 5.68. The Morgan fingerprint density at radius 3 is 2.71 bits per heavy atom. The molecule has 1 aliphatic heterocycles. The second kappa shape index (κ2) is 5.88. The first-order chi connectivity index (χ1) is 8.25. The molecule has 0 aromatic carbocycles. The third-order valence-corrected chi connectivity index (χ3v) is 2.95. The summed E-state index contributed by atoms with van der Waals surface area (Å²) in [5.41, 5.74) is 5.95. The summed E-state index contributed by atoms with van der Waals surface area (Å²) >= 11 is 4.79. The Morgan fingerprint density at radius 1 is 1.35 bits per heavy atom. The van der Waals surface area contributed by atoms with Crippen LogP contribution in [-0.2, 0) is 0 Å². The van der Waals surface area contributed by atoms with E-state index in [2.05, 4.69) is 14.9 Å². The van der Waals surface area contributed by atoms with Crippen molar-refractivity contribution >= 4 is 17.2 Å². The molecule has 0 amide bonds. The second-order valence-electron chi connectivity index (χ2n) is 4.00. The third-order valence-electron chi connectivity index (χ3n) is 2.74. The smallest absolute Gasteiger partial charge is 0.232 e. The average molecular weight is 252 g/mol. The summed E-state index contributed by atoms with van der Waals surface area (Å²) in [6.45, 7) is 3.94. The topological polar surface area (TPSA) is 64.3 Å². The third kappa shape index (κ3) is 3.61. The second-order valence-corrected chi connectivity index (χ2v) is 4.44. The highest BCUT2D eigenvalue weighted by Gasteiger charge is 2.10. The number of aromatic nitrogens is 2. The molecular weight excluding hydrogens is 236 g/mol. The van der Waals surface area contributed by atoms with Gasteiger partial charge < -0.3 is 10.5 Å². The molecule has 1 aliphatic rings. The Bertz CT molecular complexity index is 376. The minimum absolute atomic E-state index is 0.251. The zero-order valence-electron chi connectivity index (χ0n) is 9.63. The van der Waals surface area contributed by atoms with E-state index in [9.17, 15) is 0 Å². The number of hydrogen-bond acceptors (Lipinski definition) is 5. The Balaban J connectivity index is 1.76. The first-order valence-corrected chi connectivity index (χ1v) is 6.13. The van der Waals surface area contributed by atoms with E-state index in [1.165, 1.54) is 32.1 Å². The lowest BCUT2D eigenvalue weighted by Gasteiger charge is -2.14. The number of ether oxygens (including phenoxy) is 1. The van der Waals surface area contributed by atoms with E-state index in [-0.39, 0.29) is 4.99 Å². The highest BCUT2D eigenvalue weighted by Crippen LogP contribution is 2.08. The van der Waals surface area contributed by atoms with Crippen LogP contribution in [0, 0.1) is 0 Å². The van der Waals surface area contributed by atoms with E-state index in [4.69, 9.17) is 22.7 Å². The van der Waals surface area contributed by atoms with Gasteiger partial charge in [0.05, 0.1) is 12.4 Å². The zero-order valence-corrected chi connectivity index (χ0v) is 10.4. The fraction of sp³-hybridized carbons (Fsp3) is 0.545. The maximum atomic E-state index is 5.50. The predicted molar refractivity (Wildman–Crippen MR) is 69.1 cm³/mol. The van der Waals surface area contributed by atoms with E-state index in [0.717, 1.165) is 6.54 Å². The largest absolute Gasteiger partial charge is 0.475 e. The molecular formula is C11H16N4OS. The van der Waals surface area contributed by atoms with Crippen molar-refractivity contribution < 1.29 is 4.74 Å². The zero-order chi connectivity index (χ0) is 12.1. The van der Waals surface area contributed by atoms with Crippen molar-refractivity contribution in [1.29, 1.82) is 0 Å². The van der Waals surface area contributed by atoms with Gasteiger partial charge in [-0.3, -0.25) is 4.90 Å². The molecule has 0 radical (unpaired) electrons. The highest BCUT2D eigenvalue weighted by atomic mass is 32.1. The molecule has 2 heterocycles. The molecule has 1 aromatic heterocycles. The maximum Gasteiger partial charge on any atom is 0.232 e. The van der Waals surface area contributed by atoms with Crippen LogP contribution in [0.4, 0.5) is 0 Å². The molecule has 0 bridgehead atoms. The van der Waals surface area contributed by atoms with E-state index in [1.54, 1.807) is 6.20 Å². The SMILES string of the molecule is NC(=S)c1cnc(OCCN2CCCC2)cn1. The number of hydrogen-bond donors (Lipinski definition) is 1. The normalized spacial score (nSPS) is 16.0. The van der Waals surface area contributed by atoms with Crippen molar-refractivity contribution in [1.82, 2.24) is 14.9 Å². The Labute approximate surface area is 106 Å². The van der Waals surface area contributed by atoms with Gasteiger partial charge in [0.25, 0.3) is 0 Å². The van der Waals surface area contributed by atoms with Gasteiger partial charge in [-0.05, 0) is 25.9 Å². The summed E-state index contributed by atoms with van der Waals surface area (Å²) in [5.74, 6) is 0.518. The summed E-state index contributed by atoms with van der Waals surface area (Å²) in [5, 5.41) is 0. The molecule has 17 heavy (non-hydrogen) atoms. The van der Waals surface area contributed by atoms with Gasteiger partial charge in [0.1, 0.15) is 17.3 Å². The van der Waals surface area contributed by atoms with Crippen molar-refractivity contribution in [2.45, 2.75) is 12.8 Å². The van der Waals surface area contributed by atoms with Crippen molar-refractivity contribution in [3.63, 3.8) is 0 Å². The predicted octanol–water partition coefficient (Wildman–Crippen LogP) is 0.585. The van der Waals surface area contributed by atoms with E-state index in [1.807, 2.05) is 0 Å². The van der Waals surface area contributed by atoms with Crippen molar-refractivity contribution in [3.05, 3.63) is 18.1 Å². The van der Waals surface area contributed by atoms with Crippen LogP contribution in [0.2, 0.25) is 0 Å². The quantitative estimate of drug-likeness (QED) is 0.774. The first-order valence-electron chi connectivity index (χ1n) is 5.73. The molecule has 0 atom stereocenters. The Kier molecular flexibility index (Phi) is 4.22. The molecule has 0 unspecified atom stereocenters. The van der Waals surface area contributed by atoms with Crippen molar-refractivity contribution in [2.75, 3.05) is 26.2 Å². The highest BCUT2D eigenvalue weighted by molar-refractivity contribution is 7.80. The number of nitrogens with zero attached hydrogens (tertiary/aromatic N) is 3. The molecule has 6 heteroatoms. The van der Waals surface area contributed by atoms with Crippen molar-refractivity contribution in [3.8, 4) is 5.88 Å². The number of thiocarbonyl (C=S) groups is 1. The molecule has 5 nitrogen and oxygen atoms in total. The number of nitrogens with two attached hydrogens (primary N) is 1. The molecule has 0 spiro atoms. The van der Waals surface area contributed by atoms with Crippen LogP contribution in [0.3, 0.4) is 0 Å². The lowest BCUT2D eigenvalue weighted by Crippen LogP contribution is -2.25. The van der Waals surface area contributed by atoms with Crippen LogP contribution in [0.15, 0.2) is 12.4 Å². The van der Waals surface area contributed by atoms with Gasteiger partial charge in [0.2, 0.25) is 5.88 Å². The van der Waals surface area contributed by atoms with Gasteiger partial charge in [-0.25, -0.2) is 9.97 Å². The maximum absolute atomic E-state index is 5.50. The van der Waals surface area contributed by atoms with Gasteiger partial charge in [-0.15, -0.1) is 0 Å². The van der Waals surface area contributed by atoms with Gasteiger partial charge >= 0.3 is 0 Å². The molecule has 2 N–H and O–H groups in total. The Morgan fingerprint density at radius 2 is 2.12 bits per heavy atom. The van der Waals surface area contributed by atoms with Gasteiger partial charge in [0, 0.05) is 6.54 Å². The average Bonchev–Trinajstić information content (AvgIpc) is 2.83. The van der Waals surface area contributed by atoms with Crippen LogP contribution < -0.4 is 10.5 Å². The Hall–Kier alpha value is -1.27. The lowest BCUT2D eigenvalue weighted by atomic mass is 10.4. The van der Waals surface area contributed by atoms with Gasteiger partial charge in [0.15, 0.2) is 0 Å². The minimum atomic E-state index is 0.251. The van der Waals surface area contributed by atoms with E-state index < -0.39 is 0 Å². The van der Waals surface area contributed by atoms with Crippen LogP contribution in [0.5, 0.6) is 5.88 Å². The van der Waals surface area contributed by atoms with Crippen LogP contribution in [-0.4, -0.2) is 46.1 Å². The molecule has 2 rings (SSSR count). The van der Waals surface area contributed by atoms with Crippen LogP contribution in [0.25, 0.3) is 0 Å². The molecule has 0 aliphatic carbocycles. The van der Waals surface area contributed by atoms with Gasteiger partial charge in [-0.1, -0.05) is 12.2 Å². The summed E-state index contributed by atoms with van der Waals surface area (Å²) in [7, 11) is 0. The summed E-state index contributed by atoms with van der Waals surface area (Å²) in [4.78, 5) is 10.8. The number of rotatable bonds is 5. The van der Waals surface area contributed by atoms with Gasteiger partial charge in [-0.2, -0.15) is 0 Å². The molecule has 1 aromatic rings. The fourth-order valence-electron chi connectivity index (χ4n) is 1.80. The molecule has 1 saturated heterocycles. The van der Waals surface area contributed by atoms with Crippen LogP contribution in [0.1, 0.15) is 18.5 Å². The minimum Gasteiger partial charge on any atom is -0.475 e. The summed E-state index contributed by atoms with van der Waals surface area (Å²) in [6, 6.07) is 0. The molecule has 1 fully saturated rings. The fourth-order valence-corrected chi connectivity index (χ4v) is 1.91. The van der Waals surface area contributed by atoms with Crippen molar-refractivity contribution in [2.24, 2.45) is 5.73 Å². The lowest BCUT2D eigenvalue weighted by molar-refractivity contribution is 0.231. The van der Waals surface area contributed by atoms with E-state index >= 15 is 0 Å². The van der Waals surface area contributed by atoms with E-state index in [0.29, 0.717) is 18.2 Å². The van der Waals surface area contributed by atoms with Crippen LogP contribution >= 0.6 is 12.2 Å². The molecule has 92 valence electrons. The summed E-state index contributed by atoms with van der Waals surface area (Å²) < 4.78 is 5.50. The monoisotopic (exact) mass is 252 g/mol. The standard InChI is InChI=1S/C11H16N4OS/c12-11(17)9-7-14-10(8-13-9)16-6-5-15-3-1-2-4-15/h7-8H,1-6H2,(H2,12,17). The first kappa shape index (κ1) is 12.2. The molecule has 0 saturated carbocycles.